The Morgan fingerprint density at radius 1 is 1.23 bits per heavy atom. The zero-order chi connectivity index (χ0) is 21.1. The maximum absolute atomic E-state index is 15.0. The lowest BCUT2D eigenvalue weighted by Gasteiger charge is -2.33. The highest BCUT2D eigenvalue weighted by molar-refractivity contribution is 5.71. The number of benzene rings is 1. The minimum Gasteiger partial charge on any atom is -0.481 e. The van der Waals surface area contributed by atoms with E-state index in [9.17, 15) is 13.6 Å². The number of anilines is 1. The lowest BCUT2D eigenvalue weighted by atomic mass is 9.93. The summed E-state index contributed by atoms with van der Waals surface area (Å²) in [5.41, 5.74) is 0.813. The molecule has 3 heterocycles. The van der Waals surface area contributed by atoms with Crippen LogP contribution >= 0.6 is 0 Å². The number of rotatable bonds is 6. The number of carbonyl (C=O) groups is 1. The second-order valence-corrected chi connectivity index (χ2v) is 7.78. The zero-order valence-corrected chi connectivity index (χ0v) is 16.5. The van der Waals surface area contributed by atoms with Crippen molar-refractivity contribution in [3.05, 3.63) is 42.1 Å². The summed E-state index contributed by atoms with van der Waals surface area (Å²) in [5, 5.41) is 8.93. The molecule has 2 aromatic rings. The number of ether oxygens (including phenoxy) is 2. The Morgan fingerprint density at radius 3 is 2.60 bits per heavy atom. The van der Waals surface area contributed by atoms with Gasteiger partial charge in [0.05, 0.1) is 13.2 Å². The van der Waals surface area contributed by atoms with Crippen LogP contribution in [-0.4, -0.2) is 48.5 Å². The van der Waals surface area contributed by atoms with Crippen LogP contribution in [0, 0.1) is 17.6 Å². The first-order valence-corrected chi connectivity index (χ1v) is 10.2. The van der Waals surface area contributed by atoms with Crippen LogP contribution in [0.2, 0.25) is 0 Å². The fourth-order valence-electron chi connectivity index (χ4n) is 4.10. The van der Waals surface area contributed by atoms with E-state index in [0.29, 0.717) is 56.2 Å². The van der Waals surface area contributed by atoms with E-state index in [-0.39, 0.29) is 24.1 Å². The molecule has 0 radical (unpaired) electrons. The molecule has 2 fully saturated rings. The molecule has 1 atom stereocenters. The van der Waals surface area contributed by atoms with Crippen LogP contribution in [0.1, 0.15) is 25.7 Å². The Bertz CT molecular complexity index is 887. The Labute approximate surface area is 173 Å². The molecule has 30 heavy (non-hydrogen) atoms. The number of carboxylic acids is 1. The van der Waals surface area contributed by atoms with Gasteiger partial charge in [-0.25, -0.2) is 13.8 Å². The second kappa shape index (κ2) is 8.95. The summed E-state index contributed by atoms with van der Waals surface area (Å²) in [7, 11) is 0. The van der Waals surface area contributed by atoms with Crippen LogP contribution in [0.5, 0.6) is 5.88 Å². The van der Waals surface area contributed by atoms with E-state index in [1.807, 2.05) is 0 Å². The number of halogens is 2. The summed E-state index contributed by atoms with van der Waals surface area (Å²) in [4.78, 5) is 16.8. The average molecular weight is 418 g/mol. The first-order chi connectivity index (χ1) is 14.5. The van der Waals surface area contributed by atoms with E-state index in [1.54, 1.807) is 23.2 Å². The molecule has 0 aliphatic carbocycles. The maximum atomic E-state index is 15.0. The predicted molar refractivity (Wildman–Crippen MR) is 107 cm³/mol. The summed E-state index contributed by atoms with van der Waals surface area (Å²) in [6.45, 7) is 1.94. The third-order valence-electron chi connectivity index (χ3n) is 5.66. The number of carboxylic acid groups (broad SMARTS) is 1. The lowest BCUT2D eigenvalue weighted by molar-refractivity contribution is -0.138. The number of nitrogens with zero attached hydrogens (tertiary/aromatic N) is 2. The van der Waals surface area contributed by atoms with Gasteiger partial charge in [-0.1, -0.05) is 0 Å². The van der Waals surface area contributed by atoms with Crippen LogP contribution in [0.3, 0.4) is 0 Å². The van der Waals surface area contributed by atoms with Gasteiger partial charge < -0.3 is 19.5 Å². The molecule has 1 N–H and O–H groups in total. The molecule has 8 heteroatoms. The zero-order valence-electron chi connectivity index (χ0n) is 16.5. The van der Waals surface area contributed by atoms with E-state index in [0.717, 1.165) is 6.42 Å². The first-order valence-electron chi connectivity index (χ1n) is 10.2. The van der Waals surface area contributed by atoms with Gasteiger partial charge in [0.1, 0.15) is 23.4 Å². The van der Waals surface area contributed by atoms with Crippen LogP contribution in [0.15, 0.2) is 30.5 Å². The summed E-state index contributed by atoms with van der Waals surface area (Å²) >= 11 is 0. The average Bonchev–Trinajstić information content (AvgIpc) is 3.22. The first kappa shape index (κ1) is 20.5. The van der Waals surface area contributed by atoms with Crippen molar-refractivity contribution in [2.24, 2.45) is 5.92 Å². The van der Waals surface area contributed by atoms with Crippen molar-refractivity contribution in [3.63, 3.8) is 0 Å². The van der Waals surface area contributed by atoms with Gasteiger partial charge in [0.25, 0.3) is 0 Å². The van der Waals surface area contributed by atoms with Crippen molar-refractivity contribution in [1.82, 2.24) is 4.98 Å². The number of hydrogen-bond donors (Lipinski definition) is 1. The Morgan fingerprint density at radius 2 is 1.97 bits per heavy atom. The van der Waals surface area contributed by atoms with Crippen LogP contribution < -0.4 is 9.64 Å². The van der Waals surface area contributed by atoms with Crippen molar-refractivity contribution < 1.29 is 28.2 Å². The number of piperidine rings is 1. The van der Waals surface area contributed by atoms with Crippen LogP contribution in [0.25, 0.3) is 11.1 Å². The highest BCUT2D eigenvalue weighted by Crippen LogP contribution is 2.35. The summed E-state index contributed by atoms with van der Waals surface area (Å²) in [6.07, 6.45) is 3.48. The maximum Gasteiger partial charge on any atom is 0.303 e. The quantitative estimate of drug-likeness (QED) is 0.768. The highest BCUT2D eigenvalue weighted by atomic mass is 19.1. The smallest absolute Gasteiger partial charge is 0.303 e. The number of pyridine rings is 1. The minimum absolute atomic E-state index is 0.0406. The molecule has 160 valence electrons. The fourth-order valence-corrected chi connectivity index (χ4v) is 4.10. The highest BCUT2D eigenvalue weighted by Gasteiger charge is 2.26. The normalized spacial score (nSPS) is 19.8. The molecule has 1 unspecified atom stereocenters. The van der Waals surface area contributed by atoms with E-state index in [2.05, 4.69) is 4.98 Å². The topological polar surface area (TPSA) is 71.9 Å². The fraction of sp³-hybridized carbons (Fsp3) is 0.455. The second-order valence-electron chi connectivity index (χ2n) is 7.78. The van der Waals surface area contributed by atoms with Gasteiger partial charge in [0.2, 0.25) is 5.88 Å². The molecule has 1 aromatic heterocycles. The molecular weight excluding hydrogens is 394 g/mol. The summed E-state index contributed by atoms with van der Waals surface area (Å²) in [6, 6.07) is 6.03. The van der Waals surface area contributed by atoms with Gasteiger partial charge in [-0.05, 0) is 48.6 Å². The predicted octanol–water partition coefficient (Wildman–Crippen LogP) is 3.89. The van der Waals surface area contributed by atoms with Crippen molar-refractivity contribution in [3.8, 4) is 17.0 Å². The minimum atomic E-state index is -0.839. The third kappa shape index (κ3) is 4.53. The van der Waals surface area contributed by atoms with Gasteiger partial charge in [-0.2, -0.15) is 0 Å². The SMILES string of the molecule is O=C(O)CC1CCN(c2c(F)cc(-c3cccnc3OC3CCOC3)cc2F)CC1. The van der Waals surface area contributed by atoms with Crippen molar-refractivity contribution in [2.45, 2.75) is 31.8 Å². The number of hydrogen-bond acceptors (Lipinski definition) is 5. The molecule has 2 aliphatic rings. The van der Waals surface area contributed by atoms with Gasteiger partial charge in [0.15, 0.2) is 0 Å². The summed E-state index contributed by atoms with van der Waals surface area (Å²) < 4.78 is 41.1. The van der Waals surface area contributed by atoms with Gasteiger partial charge >= 0.3 is 5.97 Å². The summed E-state index contributed by atoms with van der Waals surface area (Å²) in [5.74, 6) is -1.77. The standard InChI is InChI=1S/C22H24F2N2O4/c23-18-11-15(17-2-1-6-25-22(17)30-16-5-9-29-13-16)12-19(24)21(18)26-7-3-14(4-8-26)10-20(27)28/h1-2,6,11-12,14,16H,3-5,7-10,13H2,(H,27,28). The van der Waals surface area contributed by atoms with Crippen LogP contribution in [0.4, 0.5) is 14.5 Å². The van der Waals surface area contributed by atoms with Gasteiger partial charge in [-0.15, -0.1) is 0 Å². The Balaban J connectivity index is 1.55. The monoisotopic (exact) mass is 418 g/mol. The van der Waals surface area contributed by atoms with Crippen molar-refractivity contribution in [2.75, 3.05) is 31.2 Å². The van der Waals surface area contributed by atoms with Crippen LogP contribution in [-0.2, 0) is 9.53 Å². The Kier molecular flexibility index (Phi) is 6.13. The molecule has 6 nitrogen and oxygen atoms in total. The molecule has 0 spiro atoms. The van der Waals surface area contributed by atoms with Crippen molar-refractivity contribution in [1.29, 1.82) is 0 Å². The largest absolute Gasteiger partial charge is 0.481 e. The molecule has 2 saturated heterocycles. The molecule has 4 rings (SSSR count). The molecule has 0 amide bonds. The molecule has 0 saturated carbocycles. The molecule has 0 bridgehead atoms. The molecule has 1 aromatic carbocycles. The lowest BCUT2D eigenvalue weighted by Crippen LogP contribution is -2.35. The Hall–Kier alpha value is -2.74. The van der Waals surface area contributed by atoms with E-state index in [1.165, 1.54) is 12.1 Å². The third-order valence-corrected chi connectivity index (χ3v) is 5.66. The molecule has 2 aliphatic heterocycles. The number of aromatic nitrogens is 1. The van der Waals surface area contributed by atoms with Gasteiger partial charge in [0, 0.05) is 37.7 Å². The van der Waals surface area contributed by atoms with Gasteiger partial charge in [-0.3, -0.25) is 4.79 Å². The van der Waals surface area contributed by atoms with E-state index in [4.69, 9.17) is 14.6 Å². The van der Waals surface area contributed by atoms with E-state index < -0.39 is 17.6 Å². The number of aliphatic carboxylic acids is 1. The van der Waals surface area contributed by atoms with Crippen molar-refractivity contribution >= 4 is 11.7 Å². The van der Waals surface area contributed by atoms with E-state index >= 15 is 0 Å². The molecular formula is C22H24F2N2O4.